The zero-order valence-corrected chi connectivity index (χ0v) is 20.4. The van der Waals surface area contributed by atoms with Crippen molar-refractivity contribution in [2.45, 2.75) is 45.3 Å². The van der Waals surface area contributed by atoms with Crippen molar-refractivity contribution in [2.24, 2.45) is 0 Å². The molecule has 0 radical (unpaired) electrons. The number of aryl methyl sites for hydroxylation is 2. The molecule has 0 N–H and O–H groups in total. The molecule has 0 saturated heterocycles. The number of ether oxygens (including phenoxy) is 1. The Morgan fingerprint density at radius 3 is 2.53 bits per heavy atom. The van der Waals surface area contributed by atoms with Crippen LogP contribution in [0.1, 0.15) is 53.9 Å². The lowest BCUT2D eigenvalue weighted by molar-refractivity contribution is 0.0826. The van der Waals surface area contributed by atoms with E-state index in [1.165, 1.54) is 0 Å². The summed E-state index contributed by atoms with van der Waals surface area (Å²) >= 11 is 5.84. The van der Waals surface area contributed by atoms with Crippen molar-refractivity contribution in [3.05, 3.63) is 86.2 Å². The van der Waals surface area contributed by atoms with Crippen molar-refractivity contribution in [1.82, 2.24) is 24.3 Å². The molecular formula is C26H22ClF2N5O2. The van der Waals surface area contributed by atoms with Gasteiger partial charge in [0, 0.05) is 22.3 Å². The molecule has 4 heterocycles. The summed E-state index contributed by atoms with van der Waals surface area (Å²) < 4.78 is 38.9. The maximum absolute atomic E-state index is 15.0. The number of rotatable bonds is 4. The van der Waals surface area contributed by atoms with Gasteiger partial charge in [-0.15, -0.1) is 0 Å². The fourth-order valence-electron chi connectivity index (χ4n) is 4.54. The van der Waals surface area contributed by atoms with E-state index in [9.17, 15) is 4.79 Å². The molecule has 1 fully saturated rings. The highest BCUT2D eigenvalue weighted by Crippen LogP contribution is 2.36. The topological polar surface area (TPSA) is 74.8 Å². The van der Waals surface area contributed by atoms with Crippen molar-refractivity contribution in [2.75, 3.05) is 6.61 Å². The molecule has 0 unspecified atom stereocenters. The second kappa shape index (κ2) is 8.60. The van der Waals surface area contributed by atoms with Gasteiger partial charge in [0.15, 0.2) is 17.3 Å². The molecule has 1 aromatic carbocycles. The van der Waals surface area contributed by atoms with Gasteiger partial charge in [-0.2, -0.15) is 5.10 Å². The summed E-state index contributed by atoms with van der Waals surface area (Å²) in [7, 11) is 0. The van der Waals surface area contributed by atoms with Crippen LogP contribution in [0.25, 0.3) is 22.4 Å². The third kappa shape index (κ3) is 3.92. The number of aromatic nitrogens is 5. The maximum Gasteiger partial charge on any atom is 0.264 e. The van der Waals surface area contributed by atoms with Gasteiger partial charge in [-0.3, -0.25) is 14.0 Å². The van der Waals surface area contributed by atoms with Crippen LogP contribution in [-0.2, 0) is 4.74 Å². The number of benzene rings is 1. The Hall–Kier alpha value is -3.43. The molecule has 36 heavy (non-hydrogen) atoms. The number of pyridine rings is 1. The molecule has 6 rings (SSSR count). The molecule has 1 aliphatic carbocycles. The SMILES string of the molecule is Cc1nc2cc(C3=C[C@H](c4cnn(C5CC5)c4)OCC3)c(=O)n(-c3c(F)cc(Cl)cc3F)c2nc1C. The summed E-state index contributed by atoms with van der Waals surface area (Å²) in [5, 5.41) is 4.33. The maximum atomic E-state index is 15.0. The van der Waals surface area contributed by atoms with Gasteiger partial charge in [0.25, 0.3) is 5.56 Å². The molecule has 0 amide bonds. The van der Waals surface area contributed by atoms with Gasteiger partial charge in [0.2, 0.25) is 0 Å². The van der Waals surface area contributed by atoms with E-state index >= 15 is 8.78 Å². The summed E-state index contributed by atoms with van der Waals surface area (Å²) in [5.74, 6) is -1.93. The van der Waals surface area contributed by atoms with E-state index in [1.54, 1.807) is 26.1 Å². The Kier molecular flexibility index (Phi) is 5.49. The van der Waals surface area contributed by atoms with Gasteiger partial charge in [-0.05, 0) is 63.0 Å². The molecule has 10 heteroatoms. The normalized spacial score (nSPS) is 18.0. The fraction of sp³-hybridized carbons (Fsp3) is 0.308. The van der Waals surface area contributed by atoms with E-state index < -0.39 is 22.9 Å². The lowest BCUT2D eigenvalue weighted by Gasteiger charge is -2.22. The lowest BCUT2D eigenvalue weighted by Crippen LogP contribution is -2.26. The van der Waals surface area contributed by atoms with Crippen molar-refractivity contribution in [1.29, 1.82) is 0 Å². The summed E-state index contributed by atoms with van der Waals surface area (Å²) in [6, 6.07) is 4.02. The van der Waals surface area contributed by atoms with E-state index in [-0.39, 0.29) is 22.3 Å². The Morgan fingerprint density at radius 1 is 1.08 bits per heavy atom. The van der Waals surface area contributed by atoms with Crippen LogP contribution in [0.2, 0.25) is 5.02 Å². The molecule has 0 spiro atoms. The highest BCUT2D eigenvalue weighted by atomic mass is 35.5. The molecule has 3 aromatic heterocycles. The van der Waals surface area contributed by atoms with Crippen molar-refractivity contribution < 1.29 is 13.5 Å². The second-order valence-electron chi connectivity index (χ2n) is 9.24. The molecule has 1 saturated carbocycles. The quantitative estimate of drug-likeness (QED) is 0.368. The van der Waals surface area contributed by atoms with Crippen molar-refractivity contribution in [3.63, 3.8) is 0 Å². The zero-order chi connectivity index (χ0) is 25.1. The molecule has 7 nitrogen and oxygen atoms in total. The van der Waals surface area contributed by atoms with Crippen molar-refractivity contribution in [3.8, 4) is 5.69 Å². The first-order chi connectivity index (χ1) is 17.3. The predicted molar refractivity (Wildman–Crippen MR) is 131 cm³/mol. The fourth-order valence-corrected chi connectivity index (χ4v) is 4.73. The minimum atomic E-state index is -0.966. The minimum absolute atomic E-state index is 0.0712. The third-order valence-corrected chi connectivity index (χ3v) is 6.90. The van der Waals surface area contributed by atoms with Gasteiger partial charge in [0.1, 0.15) is 17.3 Å². The van der Waals surface area contributed by atoms with Crippen LogP contribution in [0, 0.1) is 25.5 Å². The lowest BCUT2D eigenvalue weighted by atomic mass is 9.98. The minimum Gasteiger partial charge on any atom is -0.369 e. The molecule has 2 aliphatic rings. The largest absolute Gasteiger partial charge is 0.369 e. The molecule has 184 valence electrons. The highest BCUT2D eigenvalue weighted by Gasteiger charge is 2.27. The van der Waals surface area contributed by atoms with Crippen LogP contribution in [0.15, 0.2) is 41.5 Å². The number of hydrogen-bond donors (Lipinski definition) is 0. The number of halogens is 3. The summed E-state index contributed by atoms with van der Waals surface area (Å²) in [6.07, 6.45) is 7.91. The summed E-state index contributed by atoms with van der Waals surface area (Å²) in [5.41, 5.74) is 2.38. The van der Waals surface area contributed by atoms with E-state index in [2.05, 4.69) is 15.1 Å². The van der Waals surface area contributed by atoms with E-state index in [0.29, 0.717) is 41.5 Å². The van der Waals surface area contributed by atoms with Crippen LogP contribution in [-0.4, -0.2) is 30.9 Å². The van der Waals surface area contributed by atoms with Crippen molar-refractivity contribution >= 4 is 28.3 Å². The van der Waals surface area contributed by atoms with Crippen LogP contribution in [0.4, 0.5) is 8.78 Å². The Balaban J connectivity index is 1.56. The predicted octanol–water partition coefficient (Wildman–Crippen LogP) is 5.41. The third-order valence-electron chi connectivity index (χ3n) is 6.68. The van der Waals surface area contributed by atoms with Gasteiger partial charge in [-0.25, -0.2) is 18.7 Å². The first-order valence-corrected chi connectivity index (χ1v) is 12.1. The Labute approximate surface area is 210 Å². The number of nitrogens with zero attached hydrogens (tertiary/aromatic N) is 5. The Morgan fingerprint density at radius 2 is 1.81 bits per heavy atom. The number of fused-ring (bicyclic) bond motifs is 1. The van der Waals surface area contributed by atoms with Crippen LogP contribution in [0.5, 0.6) is 0 Å². The van der Waals surface area contributed by atoms with Gasteiger partial charge >= 0.3 is 0 Å². The summed E-state index contributed by atoms with van der Waals surface area (Å²) in [4.78, 5) is 22.9. The average Bonchev–Trinajstić information content (AvgIpc) is 3.57. The molecular weight excluding hydrogens is 488 g/mol. The van der Waals surface area contributed by atoms with E-state index in [4.69, 9.17) is 16.3 Å². The first-order valence-electron chi connectivity index (χ1n) is 11.7. The monoisotopic (exact) mass is 509 g/mol. The van der Waals surface area contributed by atoms with Gasteiger partial charge < -0.3 is 4.74 Å². The van der Waals surface area contributed by atoms with Crippen LogP contribution >= 0.6 is 11.6 Å². The number of hydrogen-bond acceptors (Lipinski definition) is 5. The van der Waals surface area contributed by atoms with Gasteiger partial charge in [0.05, 0.1) is 30.2 Å². The molecule has 1 aliphatic heterocycles. The smallest absolute Gasteiger partial charge is 0.264 e. The molecule has 1 atom stereocenters. The zero-order valence-electron chi connectivity index (χ0n) is 19.6. The Bertz CT molecular complexity index is 1600. The average molecular weight is 510 g/mol. The highest BCUT2D eigenvalue weighted by molar-refractivity contribution is 6.30. The first kappa shape index (κ1) is 23.0. The standard InChI is InChI=1S/C26H22ClF2N5O2/c1-13-14(2)32-25-22(31-13)10-19(26(35)34(25)24-20(28)8-17(27)9-21(24)29)15-5-6-36-23(7-15)16-11-30-33(12-16)18-3-4-18/h7-12,18,23H,3-6H2,1-2H3/t23-/m1/s1. The van der Waals surface area contributed by atoms with Crippen LogP contribution < -0.4 is 5.56 Å². The molecule has 4 aromatic rings. The van der Waals surface area contributed by atoms with Crippen LogP contribution in [0.3, 0.4) is 0 Å². The van der Waals surface area contributed by atoms with Gasteiger partial charge in [-0.1, -0.05) is 11.6 Å². The van der Waals surface area contributed by atoms with E-state index in [0.717, 1.165) is 35.1 Å². The molecule has 0 bridgehead atoms. The summed E-state index contributed by atoms with van der Waals surface area (Å²) in [6.45, 7) is 3.90. The van der Waals surface area contributed by atoms with E-state index in [1.807, 2.05) is 17.0 Å². The second-order valence-corrected chi connectivity index (χ2v) is 9.67.